The van der Waals surface area contributed by atoms with Crippen molar-refractivity contribution in [1.82, 2.24) is 0 Å². The SMILES string of the molecule is C=C/C=[C](\C(C)(C)O)[Sn]([CH2]CCC)([CH2]CCC)[CH2]CCC. The predicted octanol–water partition coefficient (Wildman–Crippen LogP) is 6.26. The predicted molar refractivity (Wildman–Crippen MR) is 99.5 cm³/mol. The van der Waals surface area contributed by atoms with Crippen LogP contribution >= 0.6 is 0 Å². The molecule has 0 aliphatic rings. The third-order valence-corrected chi connectivity index (χ3v) is 21.2. The molecule has 2 heteroatoms. The molecule has 0 amide bonds. The summed E-state index contributed by atoms with van der Waals surface area (Å²) in [6.45, 7) is 14.7. The second kappa shape index (κ2) is 10.9. The Morgan fingerprint density at radius 1 is 0.952 bits per heavy atom. The average molecular weight is 401 g/mol. The van der Waals surface area contributed by atoms with E-state index in [1.54, 1.807) is 0 Å². The van der Waals surface area contributed by atoms with E-state index in [-0.39, 0.29) is 0 Å². The third kappa shape index (κ3) is 7.36. The Morgan fingerprint density at radius 3 is 1.57 bits per heavy atom. The molecule has 1 N–H and O–H groups in total. The van der Waals surface area contributed by atoms with Gasteiger partial charge in [0.15, 0.2) is 0 Å². The maximum atomic E-state index is 10.8. The van der Waals surface area contributed by atoms with Gasteiger partial charge in [-0.25, -0.2) is 0 Å². The zero-order valence-electron chi connectivity index (χ0n) is 15.2. The Hall–Kier alpha value is 0.239. The quantitative estimate of drug-likeness (QED) is 0.302. The van der Waals surface area contributed by atoms with Crippen LogP contribution in [0, 0.1) is 0 Å². The Kier molecular flexibility index (Phi) is 11.0. The molecule has 0 saturated carbocycles. The minimum absolute atomic E-state index is 0.667. The van der Waals surface area contributed by atoms with Crippen molar-refractivity contribution in [1.29, 1.82) is 0 Å². The number of unbranched alkanes of at least 4 members (excludes halogenated alkanes) is 3. The van der Waals surface area contributed by atoms with Gasteiger partial charge in [0.05, 0.1) is 0 Å². The molecule has 0 rings (SSSR count). The number of hydrogen-bond acceptors (Lipinski definition) is 1. The average Bonchev–Trinajstić information content (AvgIpc) is 2.44. The summed E-state index contributed by atoms with van der Waals surface area (Å²) in [7, 11) is 0. The molecule has 0 bridgehead atoms. The summed E-state index contributed by atoms with van der Waals surface area (Å²) in [5, 5.41) is 10.8. The van der Waals surface area contributed by atoms with Crippen molar-refractivity contribution in [3.05, 3.63) is 22.3 Å². The van der Waals surface area contributed by atoms with Crippen LogP contribution in [-0.4, -0.2) is 29.1 Å². The van der Waals surface area contributed by atoms with Crippen molar-refractivity contribution in [3.8, 4) is 0 Å². The molecule has 0 aromatic heterocycles. The molecule has 0 aliphatic carbocycles. The zero-order chi connectivity index (χ0) is 16.4. The van der Waals surface area contributed by atoms with E-state index in [4.69, 9.17) is 0 Å². The first-order valence-electron chi connectivity index (χ1n) is 8.94. The normalized spacial score (nSPS) is 13.5. The van der Waals surface area contributed by atoms with E-state index in [2.05, 4.69) is 33.4 Å². The Labute approximate surface area is 137 Å². The first kappa shape index (κ1) is 21.2. The fourth-order valence-electron chi connectivity index (χ4n) is 3.47. The van der Waals surface area contributed by atoms with E-state index in [0.29, 0.717) is 0 Å². The van der Waals surface area contributed by atoms with Gasteiger partial charge in [0.1, 0.15) is 0 Å². The molecule has 0 heterocycles. The van der Waals surface area contributed by atoms with Crippen LogP contribution in [0.1, 0.15) is 73.1 Å². The van der Waals surface area contributed by atoms with Crippen LogP contribution in [0.5, 0.6) is 0 Å². The molecule has 0 saturated heterocycles. The fraction of sp³-hybridized carbons (Fsp3) is 0.789. The second-order valence-corrected chi connectivity index (χ2v) is 20.1. The van der Waals surface area contributed by atoms with Gasteiger partial charge in [-0.2, -0.15) is 0 Å². The fourth-order valence-corrected chi connectivity index (χ4v) is 21.8. The summed E-state index contributed by atoms with van der Waals surface area (Å²) in [6.07, 6.45) is 11.9. The van der Waals surface area contributed by atoms with Crippen molar-refractivity contribution in [2.24, 2.45) is 0 Å². The summed E-state index contributed by atoms with van der Waals surface area (Å²) in [5.74, 6) is 0. The Bertz CT molecular complexity index is 290. The monoisotopic (exact) mass is 402 g/mol. The number of rotatable bonds is 12. The van der Waals surface area contributed by atoms with Gasteiger partial charge in [0.25, 0.3) is 0 Å². The van der Waals surface area contributed by atoms with E-state index >= 15 is 0 Å². The molecule has 0 aliphatic heterocycles. The molecule has 0 fully saturated rings. The van der Waals surface area contributed by atoms with Crippen molar-refractivity contribution in [2.45, 2.75) is 92.1 Å². The molecule has 0 spiro atoms. The maximum absolute atomic E-state index is 10.8. The van der Waals surface area contributed by atoms with Crippen LogP contribution in [0.2, 0.25) is 13.3 Å². The van der Waals surface area contributed by atoms with E-state index in [1.807, 2.05) is 19.9 Å². The second-order valence-electron chi connectivity index (χ2n) is 6.97. The summed E-state index contributed by atoms with van der Waals surface area (Å²) >= 11 is -2.50. The number of allylic oxidation sites excluding steroid dienone is 2. The van der Waals surface area contributed by atoms with Crippen LogP contribution in [0.4, 0.5) is 0 Å². The van der Waals surface area contributed by atoms with E-state index in [1.165, 1.54) is 55.4 Å². The van der Waals surface area contributed by atoms with Crippen molar-refractivity contribution in [2.75, 3.05) is 0 Å². The first-order chi connectivity index (χ1) is 9.87. The van der Waals surface area contributed by atoms with E-state index < -0.39 is 24.0 Å². The molecule has 0 unspecified atom stereocenters. The molecule has 21 heavy (non-hydrogen) atoms. The molecule has 0 aromatic carbocycles. The Morgan fingerprint density at radius 2 is 1.33 bits per heavy atom. The first-order valence-corrected chi connectivity index (χ1v) is 16.4. The van der Waals surface area contributed by atoms with Crippen LogP contribution in [0.15, 0.2) is 22.3 Å². The standard InChI is InChI=1S/C7H11O.3C4H9.Sn/c1-4-5-6-7(2,3)8;3*1-3-4-2;/h4-5,8H,1H2,2-3H3;3*1,3-4H2,2H3;. The summed E-state index contributed by atoms with van der Waals surface area (Å²) < 4.78 is 5.60. The number of aliphatic hydroxyl groups is 1. The van der Waals surface area contributed by atoms with Crippen LogP contribution in [0.3, 0.4) is 0 Å². The van der Waals surface area contributed by atoms with E-state index in [9.17, 15) is 5.11 Å². The van der Waals surface area contributed by atoms with Crippen molar-refractivity contribution in [3.63, 3.8) is 0 Å². The zero-order valence-corrected chi connectivity index (χ0v) is 18.0. The van der Waals surface area contributed by atoms with Crippen molar-refractivity contribution < 1.29 is 5.11 Å². The third-order valence-electron chi connectivity index (χ3n) is 4.54. The van der Waals surface area contributed by atoms with Gasteiger partial charge in [0, 0.05) is 0 Å². The summed E-state index contributed by atoms with van der Waals surface area (Å²) in [4.78, 5) is 0. The molecule has 0 radical (unpaired) electrons. The minimum atomic E-state index is -2.50. The molecule has 1 nitrogen and oxygen atoms in total. The van der Waals surface area contributed by atoms with Gasteiger partial charge >= 0.3 is 138 Å². The van der Waals surface area contributed by atoms with Crippen LogP contribution in [0.25, 0.3) is 0 Å². The summed E-state index contributed by atoms with van der Waals surface area (Å²) in [6, 6.07) is 0. The molecule has 0 atom stereocenters. The van der Waals surface area contributed by atoms with Gasteiger partial charge in [-0.3, -0.25) is 0 Å². The van der Waals surface area contributed by atoms with E-state index in [0.717, 1.165) is 0 Å². The molecule has 124 valence electrons. The molecular formula is C19H38OSn. The molecule has 0 aromatic rings. The van der Waals surface area contributed by atoms with Gasteiger partial charge in [-0.1, -0.05) is 0 Å². The van der Waals surface area contributed by atoms with Crippen molar-refractivity contribution >= 4 is 18.4 Å². The van der Waals surface area contributed by atoms with Gasteiger partial charge < -0.3 is 0 Å². The van der Waals surface area contributed by atoms with Gasteiger partial charge in [0.2, 0.25) is 0 Å². The van der Waals surface area contributed by atoms with Gasteiger partial charge in [-0.05, 0) is 0 Å². The number of hydrogen-bond donors (Lipinski definition) is 1. The topological polar surface area (TPSA) is 20.2 Å². The van der Waals surface area contributed by atoms with Crippen LogP contribution in [-0.2, 0) is 0 Å². The Balaban J connectivity index is 5.63. The molecular weight excluding hydrogens is 363 g/mol. The van der Waals surface area contributed by atoms with Crippen LogP contribution < -0.4 is 0 Å². The van der Waals surface area contributed by atoms with Gasteiger partial charge in [-0.15, -0.1) is 0 Å². The summed E-state index contributed by atoms with van der Waals surface area (Å²) in [5.41, 5.74) is -0.667.